The molecule has 10 atom stereocenters. The molecule has 2 saturated heterocycles. The maximum Gasteiger partial charge on any atom is 0.331 e. The predicted octanol–water partition coefficient (Wildman–Crippen LogP) is 0.840. The summed E-state index contributed by atoms with van der Waals surface area (Å²) in [5, 5.41) is 84.7. The molecule has 1 aliphatic carbocycles. The SMILES string of the molecule is COc1cc(-c2oc3cc(=O)cc(O)c-3cc2O[C@@H]2O[C@H](CO[C@@H]3O[C@@H](C)[C@H](OC(=O)C=Cc4ccc(O)cc4)[C@H](O)[C@@H]3O)[C@H](O)[C@@H](O)[C@@H]2O)cc(OC)c1O. The molecule has 2 aromatic rings. The van der Waals surface area contributed by atoms with Gasteiger partial charge in [0.15, 0.2) is 40.8 Å². The lowest BCUT2D eigenvalue weighted by molar-refractivity contribution is -0.319. The van der Waals surface area contributed by atoms with Gasteiger partial charge in [0, 0.05) is 23.8 Å². The van der Waals surface area contributed by atoms with Crippen molar-refractivity contribution in [3.63, 3.8) is 0 Å². The Labute approximate surface area is 317 Å². The van der Waals surface area contributed by atoms with E-state index in [4.69, 9.17) is 37.6 Å². The Morgan fingerprint density at radius 3 is 2.11 bits per heavy atom. The molecule has 56 heavy (non-hydrogen) atoms. The molecular weight excluding hydrogens is 744 g/mol. The first-order chi connectivity index (χ1) is 26.7. The molecule has 18 nitrogen and oxygen atoms in total. The van der Waals surface area contributed by atoms with Gasteiger partial charge >= 0.3 is 5.97 Å². The minimum absolute atomic E-state index is 0.0142. The van der Waals surface area contributed by atoms with Gasteiger partial charge < -0.3 is 78.4 Å². The summed E-state index contributed by atoms with van der Waals surface area (Å²) in [6, 6.07) is 12.0. The van der Waals surface area contributed by atoms with Crippen LogP contribution in [0.5, 0.6) is 34.5 Å². The van der Waals surface area contributed by atoms with Gasteiger partial charge in [0.05, 0.1) is 32.5 Å². The molecule has 0 aromatic heterocycles. The number of hydrogen-bond donors (Lipinski definition) is 8. The van der Waals surface area contributed by atoms with E-state index in [2.05, 4.69) is 0 Å². The van der Waals surface area contributed by atoms with Crippen LogP contribution in [-0.4, -0.2) is 129 Å². The molecule has 6 rings (SSSR count). The summed E-state index contributed by atoms with van der Waals surface area (Å²) in [6.45, 7) is 0.865. The summed E-state index contributed by atoms with van der Waals surface area (Å²) in [7, 11) is 2.59. The number of benzene rings is 3. The quantitative estimate of drug-likeness (QED) is 0.0773. The minimum Gasteiger partial charge on any atom is -0.508 e. The number of phenolic OH excluding ortho intramolecular Hbond substituents is 3. The monoisotopic (exact) mass is 784 g/mol. The Bertz CT molecular complexity index is 2040. The average Bonchev–Trinajstić information content (AvgIpc) is 3.17. The topological polar surface area (TPSA) is 274 Å². The molecule has 0 radical (unpaired) electrons. The number of fused-ring (bicyclic) bond motifs is 1. The fourth-order valence-corrected chi connectivity index (χ4v) is 6.18. The van der Waals surface area contributed by atoms with Gasteiger partial charge in [-0.15, -0.1) is 0 Å². The maximum atomic E-state index is 12.5. The van der Waals surface area contributed by atoms with E-state index >= 15 is 0 Å². The molecule has 8 N–H and O–H groups in total. The number of phenols is 3. The minimum atomic E-state index is -1.89. The van der Waals surface area contributed by atoms with Crippen molar-refractivity contribution in [2.24, 2.45) is 0 Å². The summed E-state index contributed by atoms with van der Waals surface area (Å²) >= 11 is 0. The zero-order valence-corrected chi connectivity index (χ0v) is 30.0. The number of carbonyl (C=O) groups excluding carboxylic acids is 1. The normalized spacial score (nSPS) is 27.9. The van der Waals surface area contributed by atoms with E-state index in [0.29, 0.717) is 5.56 Å². The number of aromatic hydroxyl groups is 3. The van der Waals surface area contributed by atoms with Crippen LogP contribution in [0.4, 0.5) is 0 Å². The molecule has 3 aliphatic heterocycles. The third-order valence-corrected chi connectivity index (χ3v) is 9.22. The van der Waals surface area contributed by atoms with Crippen LogP contribution in [0.15, 0.2) is 69.9 Å². The zero-order chi connectivity index (χ0) is 40.4. The first-order valence-electron chi connectivity index (χ1n) is 17.1. The summed E-state index contributed by atoms with van der Waals surface area (Å²) in [4.78, 5) is 24.7. The number of carbonyl (C=O) groups is 1. The molecule has 300 valence electrons. The average molecular weight is 785 g/mol. The summed E-state index contributed by atoms with van der Waals surface area (Å²) in [6.07, 6.45) is -13.5. The van der Waals surface area contributed by atoms with Crippen molar-refractivity contribution in [1.82, 2.24) is 0 Å². The molecular formula is C38H40O18. The Morgan fingerprint density at radius 1 is 0.786 bits per heavy atom. The second kappa shape index (κ2) is 16.7. The Morgan fingerprint density at radius 2 is 1.45 bits per heavy atom. The third kappa shape index (κ3) is 8.37. The van der Waals surface area contributed by atoms with Gasteiger partial charge in [-0.3, -0.25) is 4.79 Å². The number of ether oxygens (including phenoxy) is 7. The van der Waals surface area contributed by atoms with Crippen LogP contribution >= 0.6 is 0 Å². The van der Waals surface area contributed by atoms with Crippen LogP contribution in [-0.2, 0) is 23.7 Å². The van der Waals surface area contributed by atoms with Gasteiger partial charge in [0.2, 0.25) is 12.0 Å². The van der Waals surface area contributed by atoms with Gasteiger partial charge in [-0.25, -0.2) is 4.79 Å². The van der Waals surface area contributed by atoms with Crippen molar-refractivity contribution in [3.8, 4) is 57.1 Å². The van der Waals surface area contributed by atoms with Gasteiger partial charge in [-0.05, 0) is 48.9 Å². The molecule has 2 aromatic carbocycles. The van der Waals surface area contributed by atoms with E-state index in [9.17, 15) is 50.4 Å². The summed E-state index contributed by atoms with van der Waals surface area (Å²) in [5.41, 5.74) is 0.197. The van der Waals surface area contributed by atoms with Gasteiger partial charge in [0.25, 0.3) is 0 Å². The number of rotatable bonds is 11. The van der Waals surface area contributed by atoms with E-state index < -0.39 is 85.2 Å². The molecule has 0 bridgehead atoms. The van der Waals surface area contributed by atoms with Crippen LogP contribution in [0, 0.1) is 0 Å². The largest absolute Gasteiger partial charge is 0.508 e. The smallest absolute Gasteiger partial charge is 0.331 e. The molecule has 0 spiro atoms. The maximum absolute atomic E-state index is 12.5. The summed E-state index contributed by atoms with van der Waals surface area (Å²) in [5.74, 6) is -2.09. The Balaban J connectivity index is 1.19. The lowest BCUT2D eigenvalue weighted by Gasteiger charge is -2.43. The second-order valence-corrected chi connectivity index (χ2v) is 13.0. The van der Waals surface area contributed by atoms with Crippen molar-refractivity contribution < 1.29 is 83.2 Å². The van der Waals surface area contributed by atoms with Crippen LogP contribution in [0.25, 0.3) is 28.7 Å². The van der Waals surface area contributed by atoms with Crippen LogP contribution in [0.3, 0.4) is 0 Å². The van der Waals surface area contributed by atoms with Gasteiger partial charge in [-0.2, -0.15) is 0 Å². The van der Waals surface area contributed by atoms with Crippen molar-refractivity contribution in [2.75, 3.05) is 20.8 Å². The van der Waals surface area contributed by atoms with E-state index in [-0.39, 0.29) is 51.4 Å². The van der Waals surface area contributed by atoms with E-state index in [1.54, 1.807) is 12.1 Å². The number of aliphatic hydroxyl groups is 5. The number of esters is 1. The van der Waals surface area contributed by atoms with E-state index in [0.717, 1.165) is 18.2 Å². The summed E-state index contributed by atoms with van der Waals surface area (Å²) < 4.78 is 45.0. The number of aliphatic hydroxyl groups excluding tert-OH is 5. The van der Waals surface area contributed by atoms with Gasteiger partial charge in [0.1, 0.15) is 53.9 Å². The van der Waals surface area contributed by atoms with Crippen molar-refractivity contribution in [3.05, 3.63) is 76.5 Å². The molecule has 3 heterocycles. The highest BCUT2D eigenvalue weighted by Crippen LogP contribution is 2.46. The van der Waals surface area contributed by atoms with Crippen molar-refractivity contribution >= 4 is 12.0 Å². The molecule has 0 unspecified atom stereocenters. The first kappa shape index (κ1) is 40.2. The highest BCUT2D eigenvalue weighted by Gasteiger charge is 2.48. The van der Waals surface area contributed by atoms with Crippen LogP contribution in [0.1, 0.15) is 12.5 Å². The zero-order valence-electron chi connectivity index (χ0n) is 30.0. The highest BCUT2D eigenvalue weighted by atomic mass is 16.7. The van der Waals surface area contributed by atoms with Crippen molar-refractivity contribution in [1.29, 1.82) is 0 Å². The Hall–Kier alpha value is -5.44. The van der Waals surface area contributed by atoms with Gasteiger partial charge in [-0.1, -0.05) is 12.1 Å². The molecule has 18 heteroatoms. The highest BCUT2D eigenvalue weighted by molar-refractivity contribution is 5.87. The predicted molar refractivity (Wildman–Crippen MR) is 190 cm³/mol. The molecule has 0 amide bonds. The Kier molecular flexibility index (Phi) is 12.0. The number of methoxy groups -OCH3 is 2. The fraction of sp³-hybridized carbons (Fsp3) is 0.368. The molecule has 2 fully saturated rings. The first-order valence-corrected chi connectivity index (χ1v) is 17.1. The standard InChI is InChI=1S/C38H40O18/c1-16-35(56-28(42)9-6-17-4-7-19(39)8-5-17)32(46)34(48)37(52-16)51-15-27-30(44)31(45)33(47)38(55-27)54-26-14-21-22(41)12-20(40)13-23(21)53-36(26)18-10-24(49-2)29(43)25(11-18)50-3/h4-14,16,27,30-35,37-39,41,43-48H,15H2,1-3H3/t16-,27+,30-,31+,32+,33-,34-,35-,37+,38+/m0/s1. The lowest BCUT2D eigenvalue weighted by atomic mass is 9.98. The fourth-order valence-electron chi connectivity index (χ4n) is 6.18. The second-order valence-electron chi connectivity index (χ2n) is 13.0. The van der Waals surface area contributed by atoms with E-state index in [1.807, 2.05) is 0 Å². The van der Waals surface area contributed by atoms with E-state index in [1.165, 1.54) is 57.6 Å². The number of hydrogen-bond acceptors (Lipinski definition) is 18. The van der Waals surface area contributed by atoms with Crippen LogP contribution < -0.4 is 19.6 Å². The molecule has 0 saturated carbocycles. The third-order valence-electron chi connectivity index (χ3n) is 9.22. The molecule has 4 aliphatic rings. The van der Waals surface area contributed by atoms with Crippen LogP contribution in [0.2, 0.25) is 0 Å². The van der Waals surface area contributed by atoms with Crippen molar-refractivity contribution in [2.45, 2.75) is 68.3 Å². The lowest BCUT2D eigenvalue weighted by Crippen LogP contribution is -2.62.